The Bertz CT molecular complexity index is 355. The minimum atomic E-state index is 0.251. The van der Waals surface area contributed by atoms with E-state index in [1.165, 1.54) is 5.56 Å². The third-order valence-corrected chi connectivity index (χ3v) is 3.66. The Morgan fingerprint density at radius 1 is 1.28 bits per heavy atom. The van der Waals surface area contributed by atoms with Gasteiger partial charge in [-0.3, -0.25) is 0 Å². The topological polar surface area (TPSA) is 45.4 Å². The van der Waals surface area contributed by atoms with Crippen molar-refractivity contribution < 1.29 is 0 Å². The lowest BCUT2D eigenvalue weighted by atomic mass is 10.1. The Hall–Kier alpha value is -1.13. The fraction of sp³-hybridized carbons (Fsp3) is 0.643. The van der Waals surface area contributed by atoms with Crippen molar-refractivity contribution in [1.82, 2.24) is 9.88 Å². The van der Waals surface area contributed by atoms with Crippen molar-refractivity contribution in [2.75, 3.05) is 38.1 Å². The maximum absolute atomic E-state index is 5.96. The lowest BCUT2D eigenvalue weighted by Gasteiger charge is -2.33. The molecule has 0 aliphatic carbocycles. The van der Waals surface area contributed by atoms with Gasteiger partial charge >= 0.3 is 0 Å². The molecule has 1 aromatic heterocycles. The van der Waals surface area contributed by atoms with Gasteiger partial charge in [-0.25, -0.2) is 4.98 Å². The summed E-state index contributed by atoms with van der Waals surface area (Å²) in [7, 11) is 2.17. The number of pyridine rings is 1. The van der Waals surface area contributed by atoms with Gasteiger partial charge in [-0.2, -0.15) is 0 Å². The van der Waals surface area contributed by atoms with Crippen molar-refractivity contribution in [2.24, 2.45) is 5.73 Å². The lowest BCUT2D eigenvalue weighted by molar-refractivity contribution is 0.312. The molecule has 0 amide bonds. The van der Waals surface area contributed by atoms with Crippen LogP contribution in [-0.2, 0) is 6.42 Å². The van der Waals surface area contributed by atoms with E-state index in [1.807, 2.05) is 6.20 Å². The molecule has 1 saturated heterocycles. The van der Waals surface area contributed by atoms with Gasteiger partial charge in [0.2, 0.25) is 0 Å². The highest BCUT2D eigenvalue weighted by Gasteiger charge is 2.15. The number of aromatic nitrogens is 1. The second-order valence-corrected chi connectivity index (χ2v) is 5.19. The van der Waals surface area contributed by atoms with Crippen molar-refractivity contribution in [1.29, 1.82) is 0 Å². The van der Waals surface area contributed by atoms with Crippen LogP contribution in [0.2, 0.25) is 0 Å². The number of rotatable bonds is 4. The third-order valence-electron chi connectivity index (χ3n) is 3.66. The quantitative estimate of drug-likeness (QED) is 0.867. The standard InChI is InChI=1S/C14H24N4/c1-3-13(15)10-12-4-5-14(16-11-12)18-8-6-17(2)7-9-18/h4-5,11,13H,3,6-10,15H2,1-2H3. The Morgan fingerprint density at radius 2 is 2.00 bits per heavy atom. The predicted octanol–water partition coefficient (Wildman–Crippen LogP) is 1.11. The number of nitrogens with two attached hydrogens (primary N) is 1. The number of likely N-dealkylation sites (N-methyl/N-ethyl adjacent to an activating group) is 1. The van der Waals surface area contributed by atoms with Crippen LogP contribution in [0.1, 0.15) is 18.9 Å². The van der Waals surface area contributed by atoms with E-state index in [0.717, 1.165) is 44.8 Å². The first-order valence-electron chi connectivity index (χ1n) is 6.83. The normalized spacial score (nSPS) is 18.9. The number of hydrogen-bond acceptors (Lipinski definition) is 4. The summed E-state index contributed by atoms with van der Waals surface area (Å²) in [5.74, 6) is 1.09. The summed E-state index contributed by atoms with van der Waals surface area (Å²) in [4.78, 5) is 9.27. The minimum Gasteiger partial charge on any atom is -0.354 e. The van der Waals surface area contributed by atoms with Crippen LogP contribution in [0.4, 0.5) is 5.82 Å². The zero-order valence-electron chi connectivity index (χ0n) is 11.5. The van der Waals surface area contributed by atoms with Gasteiger partial charge < -0.3 is 15.5 Å². The minimum absolute atomic E-state index is 0.251. The Kier molecular flexibility index (Phi) is 4.55. The van der Waals surface area contributed by atoms with E-state index < -0.39 is 0 Å². The summed E-state index contributed by atoms with van der Waals surface area (Å²) in [6, 6.07) is 4.54. The molecule has 1 unspecified atom stereocenters. The molecular weight excluding hydrogens is 224 g/mol. The first kappa shape index (κ1) is 13.3. The molecule has 0 saturated carbocycles. The Morgan fingerprint density at radius 3 is 2.56 bits per heavy atom. The van der Waals surface area contributed by atoms with Crippen molar-refractivity contribution in [3.63, 3.8) is 0 Å². The van der Waals surface area contributed by atoms with E-state index in [2.05, 4.69) is 40.9 Å². The molecule has 1 fully saturated rings. The number of anilines is 1. The second kappa shape index (κ2) is 6.16. The largest absolute Gasteiger partial charge is 0.354 e. The van der Waals surface area contributed by atoms with Crippen LogP contribution in [0.25, 0.3) is 0 Å². The average Bonchev–Trinajstić information content (AvgIpc) is 2.40. The SMILES string of the molecule is CCC(N)Cc1ccc(N2CCN(C)CC2)nc1. The van der Waals surface area contributed by atoms with E-state index in [1.54, 1.807) is 0 Å². The van der Waals surface area contributed by atoms with Crippen molar-refractivity contribution >= 4 is 5.82 Å². The highest BCUT2D eigenvalue weighted by atomic mass is 15.3. The molecule has 1 aliphatic rings. The molecule has 2 rings (SSSR count). The highest BCUT2D eigenvalue weighted by Crippen LogP contribution is 2.14. The van der Waals surface area contributed by atoms with E-state index in [-0.39, 0.29) is 6.04 Å². The van der Waals surface area contributed by atoms with Crippen LogP contribution in [-0.4, -0.2) is 49.2 Å². The summed E-state index contributed by atoms with van der Waals surface area (Å²) in [6.45, 7) is 6.49. The summed E-state index contributed by atoms with van der Waals surface area (Å²) in [5.41, 5.74) is 7.20. The number of hydrogen-bond donors (Lipinski definition) is 1. The molecular formula is C14H24N4. The number of nitrogens with zero attached hydrogens (tertiary/aromatic N) is 3. The molecule has 0 spiro atoms. The molecule has 4 nitrogen and oxygen atoms in total. The van der Waals surface area contributed by atoms with E-state index >= 15 is 0 Å². The van der Waals surface area contributed by atoms with E-state index in [0.29, 0.717) is 0 Å². The van der Waals surface area contributed by atoms with Gasteiger partial charge in [0.15, 0.2) is 0 Å². The Labute approximate surface area is 110 Å². The summed E-state index contributed by atoms with van der Waals surface area (Å²) < 4.78 is 0. The molecule has 2 N–H and O–H groups in total. The van der Waals surface area contributed by atoms with Crippen molar-refractivity contribution in [3.8, 4) is 0 Å². The van der Waals surface area contributed by atoms with Crippen LogP contribution in [0.5, 0.6) is 0 Å². The van der Waals surface area contributed by atoms with Gasteiger partial charge in [0.1, 0.15) is 5.82 Å². The van der Waals surface area contributed by atoms with Gasteiger partial charge in [0, 0.05) is 38.4 Å². The molecule has 0 radical (unpaired) electrons. The molecule has 0 aromatic carbocycles. The first-order valence-corrected chi connectivity index (χ1v) is 6.83. The van der Waals surface area contributed by atoms with Gasteiger partial charge in [-0.05, 0) is 31.5 Å². The molecule has 2 heterocycles. The molecule has 18 heavy (non-hydrogen) atoms. The molecule has 1 atom stereocenters. The summed E-state index contributed by atoms with van der Waals surface area (Å²) >= 11 is 0. The zero-order chi connectivity index (χ0) is 13.0. The van der Waals surface area contributed by atoms with Gasteiger partial charge in [0.25, 0.3) is 0 Å². The fourth-order valence-electron chi connectivity index (χ4n) is 2.21. The third kappa shape index (κ3) is 3.43. The molecule has 100 valence electrons. The van der Waals surface area contributed by atoms with Gasteiger partial charge in [-0.15, -0.1) is 0 Å². The smallest absolute Gasteiger partial charge is 0.128 e. The fourth-order valence-corrected chi connectivity index (χ4v) is 2.21. The van der Waals surface area contributed by atoms with Crippen molar-refractivity contribution in [3.05, 3.63) is 23.9 Å². The van der Waals surface area contributed by atoms with Crippen LogP contribution in [0, 0.1) is 0 Å². The van der Waals surface area contributed by atoms with Crippen molar-refractivity contribution in [2.45, 2.75) is 25.8 Å². The summed E-state index contributed by atoms with van der Waals surface area (Å²) in [6.07, 6.45) is 3.91. The monoisotopic (exact) mass is 248 g/mol. The highest BCUT2D eigenvalue weighted by molar-refractivity contribution is 5.40. The molecule has 0 bridgehead atoms. The Balaban J connectivity index is 1.95. The average molecular weight is 248 g/mol. The number of piperazine rings is 1. The maximum Gasteiger partial charge on any atom is 0.128 e. The van der Waals surface area contributed by atoms with E-state index in [4.69, 9.17) is 5.73 Å². The summed E-state index contributed by atoms with van der Waals surface area (Å²) in [5, 5.41) is 0. The molecule has 4 heteroatoms. The maximum atomic E-state index is 5.96. The van der Waals surface area contributed by atoms with E-state index in [9.17, 15) is 0 Å². The lowest BCUT2D eigenvalue weighted by Crippen LogP contribution is -2.44. The van der Waals surface area contributed by atoms with Crippen LogP contribution in [0.15, 0.2) is 18.3 Å². The predicted molar refractivity (Wildman–Crippen MR) is 75.9 cm³/mol. The van der Waals surface area contributed by atoms with Crippen LogP contribution >= 0.6 is 0 Å². The first-order chi connectivity index (χ1) is 8.69. The second-order valence-electron chi connectivity index (χ2n) is 5.19. The van der Waals surface area contributed by atoms with Crippen LogP contribution in [0.3, 0.4) is 0 Å². The molecule has 1 aliphatic heterocycles. The zero-order valence-corrected chi connectivity index (χ0v) is 11.5. The van der Waals surface area contributed by atoms with Gasteiger partial charge in [0.05, 0.1) is 0 Å². The molecule has 1 aromatic rings. The van der Waals surface area contributed by atoms with Gasteiger partial charge in [-0.1, -0.05) is 13.0 Å². The van der Waals surface area contributed by atoms with Crippen LogP contribution < -0.4 is 10.6 Å².